The molecule has 0 bridgehead atoms. The number of carbonyl (C=O) groups is 1. The predicted molar refractivity (Wildman–Crippen MR) is 85.1 cm³/mol. The van der Waals surface area contributed by atoms with E-state index in [-0.39, 0.29) is 5.91 Å². The molecule has 102 valence electrons. The minimum absolute atomic E-state index is 0.0484. The Bertz CT molecular complexity index is 697. The third-order valence-corrected chi connectivity index (χ3v) is 4.17. The third-order valence-electron chi connectivity index (χ3n) is 3.67. The number of aryl methyl sites for hydroxylation is 1. The molecule has 1 heterocycles. The zero-order chi connectivity index (χ0) is 14.3. The molecule has 0 fully saturated rings. The van der Waals surface area contributed by atoms with Gasteiger partial charge in [-0.25, -0.2) is 0 Å². The molecule has 0 saturated heterocycles. The molecule has 1 aliphatic rings. The Balaban J connectivity index is 2.00. The molecule has 3 nitrogen and oxygen atoms in total. The maximum absolute atomic E-state index is 12.7. The topological polar surface area (TPSA) is 46.3 Å². The van der Waals surface area contributed by atoms with Crippen molar-refractivity contribution in [2.24, 2.45) is 0 Å². The van der Waals surface area contributed by atoms with Gasteiger partial charge in [0.1, 0.15) is 0 Å². The van der Waals surface area contributed by atoms with E-state index in [4.69, 9.17) is 5.73 Å². The predicted octanol–water partition coefficient (Wildman–Crippen LogP) is 3.54. The zero-order valence-electron chi connectivity index (χ0n) is 11.2. The smallest absolute Gasteiger partial charge is 0.258 e. The number of nitrogens with two attached hydrogens (primary N) is 1. The fourth-order valence-corrected chi connectivity index (χ4v) is 2.96. The molecule has 0 aliphatic carbocycles. The van der Waals surface area contributed by atoms with Gasteiger partial charge in [0, 0.05) is 28.0 Å². The molecule has 1 aliphatic heterocycles. The van der Waals surface area contributed by atoms with Crippen molar-refractivity contribution in [3.8, 4) is 0 Å². The van der Waals surface area contributed by atoms with Gasteiger partial charge in [-0.2, -0.15) is 0 Å². The lowest BCUT2D eigenvalue weighted by Crippen LogP contribution is -2.29. The summed E-state index contributed by atoms with van der Waals surface area (Å²) in [5.41, 5.74) is 10.4. The Hall–Kier alpha value is -1.81. The molecular weight excluding hydrogens is 316 g/mol. The largest absolute Gasteiger partial charge is 0.399 e. The lowest BCUT2D eigenvalue weighted by Gasteiger charge is -2.19. The number of nitrogens with zero attached hydrogens (tertiary/aromatic N) is 1. The van der Waals surface area contributed by atoms with E-state index in [0.717, 1.165) is 39.0 Å². The third kappa shape index (κ3) is 2.20. The van der Waals surface area contributed by atoms with E-state index < -0.39 is 0 Å². The fourth-order valence-electron chi connectivity index (χ4n) is 2.60. The van der Waals surface area contributed by atoms with Crippen LogP contribution in [0, 0.1) is 6.92 Å². The summed E-state index contributed by atoms with van der Waals surface area (Å²) in [5.74, 6) is 0.0484. The van der Waals surface area contributed by atoms with Crippen molar-refractivity contribution in [2.45, 2.75) is 13.3 Å². The molecule has 20 heavy (non-hydrogen) atoms. The first-order valence-corrected chi connectivity index (χ1v) is 7.32. The van der Waals surface area contributed by atoms with E-state index in [0.29, 0.717) is 6.54 Å². The molecule has 2 aromatic carbocycles. The normalized spacial score (nSPS) is 13.4. The molecule has 0 radical (unpaired) electrons. The van der Waals surface area contributed by atoms with Crippen LogP contribution < -0.4 is 10.6 Å². The zero-order valence-corrected chi connectivity index (χ0v) is 12.8. The van der Waals surface area contributed by atoms with Crippen molar-refractivity contribution in [1.29, 1.82) is 0 Å². The number of nitrogen functional groups attached to an aromatic ring is 1. The number of halogens is 1. The van der Waals surface area contributed by atoms with Gasteiger partial charge < -0.3 is 10.6 Å². The number of amides is 1. The van der Waals surface area contributed by atoms with E-state index in [9.17, 15) is 4.79 Å². The number of rotatable bonds is 1. The SMILES string of the molecule is Cc1ccc(Br)cc1C(=O)N1CCc2cc(N)ccc21. The van der Waals surface area contributed by atoms with Crippen LogP contribution in [0.25, 0.3) is 0 Å². The van der Waals surface area contributed by atoms with Gasteiger partial charge in [-0.05, 0) is 54.8 Å². The molecule has 0 unspecified atom stereocenters. The summed E-state index contributed by atoms with van der Waals surface area (Å²) in [4.78, 5) is 14.6. The lowest BCUT2D eigenvalue weighted by molar-refractivity contribution is 0.0988. The van der Waals surface area contributed by atoms with Crippen molar-refractivity contribution in [3.05, 3.63) is 57.6 Å². The van der Waals surface area contributed by atoms with Crippen LogP contribution in [0.2, 0.25) is 0 Å². The number of hydrogen-bond acceptors (Lipinski definition) is 2. The van der Waals surface area contributed by atoms with Crippen LogP contribution in [0.4, 0.5) is 11.4 Å². The summed E-state index contributed by atoms with van der Waals surface area (Å²) in [6, 6.07) is 11.5. The summed E-state index contributed by atoms with van der Waals surface area (Å²) in [5, 5.41) is 0. The lowest BCUT2D eigenvalue weighted by atomic mass is 10.1. The Morgan fingerprint density at radius 1 is 1.25 bits per heavy atom. The van der Waals surface area contributed by atoms with Gasteiger partial charge >= 0.3 is 0 Å². The van der Waals surface area contributed by atoms with Gasteiger partial charge in [0.05, 0.1) is 0 Å². The molecule has 0 spiro atoms. The molecular formula is C16H15BrN2O. The highest BCUT2D eigenvalue weighted by Crippen LogP contribution is 2.31. The Morgan fingerprint density at radius 3 is 2.85 bits per heavy atom. The second kappa shape index (κ2) is 4.94. The van der Waals surface area contributed by atoms with Gasteiger partial charge in [-0.1, -0.05) is 22.0 Å². The maximum atomic E-state index is 12.7. The molecule has 4 heteroatoms. The van der Waals surface area contributed by atoms with Gasteiger partial charge in [0.15, 0.2) is 0 Å². The second-order valence-corrected chi connectivity index (χ2v) is 5.97. The van der Waals surface area contributed by atoms with Gasteiger partial charge in [-0.3, -0.25) is 4.79 Å². The first kappa shape index (κ1) is 13.2. The highest BCUT2D eigenvalue weighted by Gasteiger charge is 2.26. The second-order valence-electron chi connectivity index (χ2n) is 5.05. The van der Waals surface area contributed by atoms with Crippen LogP contribution in [0.3, 0.4) is 0 Å². The van der Waals surface area contributed by atoms with Crippen molar-refractivity contribution in [2.75, 3.05) is 17.2 Å². The number of carbonyl (C=O) groups excluding carboxylic acids is 1. The Morgan fingerprint density at radius 2 is 2.05 bits per heavy atom. The van der Waals surface area contributed by atoms with E-state index >= 15 is 0 Å². The van der Waals surface area contributed by atoms with E-state index in [2.05, 4.69) is 15.9 Å². The van der Waals surface area contributed by atoms with E-state index in [1.165, 1.54) is 0 Å². The summed E-state index contributed by atoms with van der Waals surface area (Å²) < 4.78 is 0.920. The number of fused-ring (bicyclic) bond motifs is 1. The average Bonchev–Trinajstić information content (AvgIpc) is 2.83. The minimum Gasteiger partial charge on any atom is -0.399 e. The average molecular weight is 331 g/mol. The summed E-state index contributed by atoms with van der Waals surface area (Å²) >= 11 is 3.43. The minimum atomic E-state index is 0.0484. The summed E-state index contributed by atoms with van der Waals surface area (Å²) in [6.45, 7) is 2.67. The molecule has 2 aromatic rings. The van der Waals surface area contributed by atoms with Gasteiger partial charge in [0.25, 0.3) is 5.91 Å². The van der Waals surface area contributed by atoms with Gasteiger partial charge in [0.2, 0.25) is 0 Å². The number of benzene rings is 2. The molecule has 2 N–H and O–H groups in total. The molecule has 3 rings (SSSR count). The van der Waals surface area contributed by atoms with Crippen LogP contribution in [0.1, 0.15) is 21.5 Å². The van der Waals surface area contributed by atoms with Crippen LogP contribution in [-0.2, 0) is 6.42 Å². The highest BCUT2D eigenvalue weighted by atomic mass is 79.9. The van der Waals surface area contributed by atoms with Crippen LogP contribution >= 0.6 is 15.9 Å². The molecule has 1 amide bonds. The molecule has 0 aromatic heterocycles. The Kier molecular flexibility index (Phi) is 3.26. The first-order chi connectivity index (χ1) is 9.56. The number of hydrogen-bond donors (Lipinski definition) is 1. The van der Waals surface area contributed by atoms with Crippen LogP contribution in [0.15, 0.2) is 40.9 Å². The van der Waals surface area contributed by atoms with Crippen LogP contribution in [-0.4, -0.2) is 12.5 Å². The quantitative estimate of drug-likeness (QED) is 0.813. The summed E-state index contributed by atoms with van der Waals surface area (Å²) in [6.07, 6.45) is 0.860. The molecule has 0 saturated carbocycles. The van der Waals surface area contributed by atoms with Crippen molar-refractivity contribution < 1.29 is 4.79 Å². The molecule has 0 atom stereocenters. The van der Waals surface area contributed by atoms with Crippen molar-refractivity contribution >= 4 is 33.2 Å². The van der Waals surface area contributed by atoms with E-state index in [1.807, 2.05) is 48.2 Å². The van der Waals surface area contributed by atoms with Crippen LogP contribution in [0.5, 0.6) is 0 Å². The van der Waals surface area contributed by atoms with Crippen molar-refractivity contribution in [3.63, 3.8) is 0 Å². The van der Waals surface area contributed by atoms with E-state index in [1.54, 1.807) is 0 Å². The highest BCUT2D eigenvalue weighted by molar-refractivity contribution is 9.10. The Labute approximate surface area is 126 Å². The van der Waals surface area contributed by atoms with Crippen molar-refractivity contribution in [1.82, 2.24) is 0 Å². The van der Waals surface area contributed by atoms with Gasteiger partial charge in [-0.15, -0.1) is 0 Å². The number of anilines is 2. The standard InChI is InChI=1S/C16H15BrN2O/c1-10-2-3-12(17)9-14(10)16(20)19-7-6-11-8-13(18)4-5-15(11)19/h2-5,8-9H,6-7,18H2,1H3. The first-order valence-electron chi connectivity index (χ1n) is 6.52. The fraction of sp³-hybridized carbons (Fsp3) is 0.188. The monoisotopic (exact) mass is 330 g/mol. The maximum Gasteiger partial charge on any atom is 0.258 e. The summed E-state index contributed by atoms with van der Waals surface area (Å²) in [7, 11) is 0.